The van der Waals surface area contributed by atoms with Gasteiger partial charge in [0, 0.05) is 5.92 Å². The molecule has 0 heterocycles. The summed E-state index contributed by atoms with van der Waals surface area (Å²) < 4.78 is 5.19. The lowest BCUT2D eigenvalue weighted by molar-refractivity contribution is -0.127. The largest absolute Gasteiger partial charge is 0.443 e. The van der Waals surface area contributed by atoms with E-state index in [1.165, 1.54) is 5.56 Å². The number of hydrazine groups is 1. The van der Waals surface area contributed by atoms with E-state index in [4.69, 9.17) is 4.74 Å². The number of amides is 2. The van der Waals surface area contributed by atoms with Gasteiger partial charge in [-0.25, -0.2) is 10.2 Å². The molecule has 186 valence electrons. The molecule has 0 aliphatic rings. The van der Waals surface area contributed by atoms with Crippen LogP contribution in [0.5, 0.6) is 0 Å². The molecule has 34 heavy (non-hydrogen) atoms. The molecule has 2 atom stereocenters. The van der Waals surface area contributed by atoms with E-state index < -0.39 is 23.7 Å². The predicted octanol–water partition coefficient (Wildman–Crippen LogP) is 5.08. The van der Waals surface area contributed by atoms with Crippen molar-refractivity contribution in [2.45, 2.75) is 84.3 Å². The molecule has 2 amide bonds. The van der Waals surface area contributed by atoms with Crippen LogP contribution in [-0.2, 0) is 27.8 Å². The second-order valence-corrected chi connectivity index (χ2v) is 10.9. The molecule has 2 aromatic rings. The number of carbonyl (C=O) groups excluding carboxylic acids is 2. The van der Waals surface area contributed by atoms with E-state index in [1.54, 1.807) is 20.8 Å². The van der Waals surface area contributed by atoms with E-state index in [1.807, 2.05) is 42.5 Å². The minimum Gasteiger partial charge on any atom is -0.443 e. The van der Waals surface area contributed by atoms with Crippen LogP contribution in [0.15, 0.2) is 54.6 Å². The Labute approximate surface area is 204 Å². The number of rotatable bonds is 8. The summed E-state index contributed by atoms with van der Waals surface area (Å²) in [6.07, 6.45) is 0.651. The Bertz CT molecular complexity index is 912. The average molecular weight is 469 g/mol. The third-order valence-electron chi connectivity index (χ3n) is 5.53. The third-order valence-corrected chi connectivity index (χ3v) is 5.53. The molecule has 0 aliphatic heterocycles. The van der Waals surface area contributed by atoms with Crippen LogP contribution in [-0.4, -0.2) is 28.8 Å². The molecule has 3 N–H and O–H groups in total. The van der Waals surface area contributed by atoms with Crippen molar-refractivity contribution in [1.82, 2.24) is 10.9 Å². The second-order valence-electron chi connectivity index (χ2n) is 10.9. The zero-order valence-electron chi connectivity index (χ0n) is 21.4. The molecule has 6 nitrogen and oxygen atoms in total. The number of aliphatic hydroxyl groups is 1. The summed E-state index contributed by atoms with van der Waals surface area (Å²) in [7, 11) is 0. The predicted molar refractivity (Wildman–Crippen MR) is 135 cm³/mol. The number of hydrogen-bond donors (Lipinski definition) is 3. The van der Waals surface area contributed by atoms with Crippen LogP contribution in [0.1, 0.15) is 71.1 Å². The number of aryl methyl sites for hydroxylation is 1. The van der Waals surface area contributed by atoms with Crippen LogP contribution in [0, 0.1) is 5.92 Å². The van der Waals surface area contributed by atoms with Gasteiger partial charge in [-0.1, -0.05) is 75.4 Å². The number of ether oxygens (including phenoxy) is 1. The summed E-state index contributed by atoms with van der Waals surface area (Å²) in [4.78, 5) is 24.9. The summed E-state index contributed by atoms with van der Waals surface area (Å²) >= 11 is 0. The monoisotopic (exact) mass is 468 g/mol. The Morgan fingerprint density at radius 3 is 2.06 bits per heavy atom. The lowest BCUT2D eigenvalue weighted by Crippen LogP contribution is -2.47. The van der Waals surface area contributed by atoms with Crippen LogP contribution >= 0.6 is 0 Å². The number of hydrogen-bond acceptors (Lipinski definition) is 4. The number of carbonyl (C=O) groups is 2. The van der Waals surface area contributed by atoms with Gasteiger partial charge in [-0.3, -0.25) is 10.2 Å². The highest BCUT2D eigenvalue weighted by molar-refractivity contribution is 5.81. The number of benzene rings is 2. The van der Waals surface area contributed by atoms with Gasteiger partial charge in [-0.05, 0) is 68.6 Å². The van der Waals surface area contributed by atoms with Gasteiger partial charge in [-0.2, -0.15) is 0 Å². The molecule has 0 saturated heterocycles. The Balaban J connectivity index is 2.05. The molecule has 2 aromatic carbocycles. The molecular formula is C28H40N2O4. The first-order valence-electron chi connectivity index (χ1n) is 11.9. The fraction of sp³-hybridized carbons (Fsp3) is 0.500. The first-order chi connectivity index (χ1) is 15.8. The zero-order valence-corrected chi connectivity index (χ0v) is 21.4. The average Bonchev–Trinajstić information content (AvgIpc) is 2.75. The summed E-state index contributed by atoms with van der Waals surface area (Å²) in [6, 6.07) is 18.2. The minimum atomic E-state index is -0.723. The van der Waals surface area contributed by atoms with Crippen molar-refractivity contribution in [3.63, 3.8) is 0 Å². The van der Waals surface area contributed by atoms with Crippen LogP contribution in [0.25, 0.3) is 0 Å². The van der Waals surface area contributed by atoms with Crippen LogP contribution < -0.4 is 10.9 Å². The maximum Gasteiger partial charge on any atom is 0.426 e. The molecule has 0 radical (unpaired) electrons. The number of aliphatic hydroxyl groups excluding tert-OH is 1. The van der Waals surface area contributed by atoms with E-state index in [0.29, 0.717) is 12.8 Å². The van der Waals surface area contributed by atoms with Crippen LogP contribution in [0.4, 0.5) is 4.79 Å². The van der Waals surface area contributed by atoms with Crippen molar-refractivity contribution in [3.05, 3.63) is 71.3 Å². The second kappa shape index (κ2) is 12.0. The van der Waals surface area contributed by atoms with Gasteiger partial charge in [0.25, 0.3) is 0 Å². The highest BCUT2D eigenvalue weighted by Gasteiger charge is 2.24. The Morgan fingerprint density at radius 2 is 1.50 bits per heavy atom. The maximum atomic E-state index is 13.0. The molecule has 0 unspecified atom stereocenters. The Kier molecular flexibility index (Phi) is 9.68. The third kappa shape index (κ3) is 9.96. The van der Waals surface area contributed by atoms with Crippen molar-refractivity contribution in [3.8, 4) is 0 Å². The van der Waals surface area contributed by atoms with Crippen LogP contribution in [0.2, 0.25) is 0 Å². The molecule has 0 aromatic heterocycles. The van der Waals surface area contributed by atoms with Gasteiger partial charge in [0.2, 0.25) is 5.91 Å². The van der Waals surface area contributed by atoms with Crippen molar-refractivity contribution < 1.29 is 19.4 Å². The van der Waals surface area contributed by atoms with Crippen molar-refractivity contribution in [1.29, 1.82) is 0 Å². The van der Waals surface area contributed by atoms with Gasteiger partial charge in [0.15, 0.2) is 0 Å². The molecule has 0 bridgehead atoms. The normalized spacial score (nSPS) is 13.6. The van der Waals surface area contributed by atoms with Crippen molar-refractivity contribution in [2.75, 3.05) is 0 Å². The van der Waals surface area contributed by atoms with Gasteiger partial charge in [0.1, 0.15) is 5.60 Å². The van der Waals surface area contributed by atoms with E-state index in [9.17, 15) is 14.7 Å². The highest BCUT2D eigenvalue weighted by atomic mass is 16.6. The zero-order chi connectivity index (χ0) is 25.4. The summed E-state index contributed by atoms with van der Waals surface area (Å²) in [5.41, 5.74) is 7.52. The van der Waals surface area contributed by atoms with Crippen molar-refractivity contribution in [2.24, 2.45) is 5.92 Å². The van der Waals surface area contributed by atoms with Gasteiger partial charge < -0.3 is 9.84 Å². The minimum absolute atomic E-state index is 0.0419. The lowest BCUT2D eigenvalue weighted by atomic mass is 9.85. The Hall–Kier alpha value is -2.86. The van der Waals surface area contributed by atoms with Crippen LogP contribution in [0.3, 0.4) is 0 Å². The summed E-state index contributed by atoms with van der Waals surface area (Å²) in [6.45, 7) is 11.7. The quantitative estimate of drug-likeness (QED) is 0.471. The highest BCUT2D eigenvalue weighted by Crippen LogP contribution is 2.24. The van der Waals surface area contributed by atoms with E-state index in [-0.39, 0.29) is 17.7 Å². The molecule has 6 heteroatoms. The number of nitrogens with one attached hydrogen (secondary N) is 2. The fourth-order valence-electron chi connectivity index (χ4n) is 3.65. The molecule has 0 aliphatic carbocycles. The fourth-order valence-corrected chi connectivity index (χ4v) is 3.65. The standard InChI is InChI=1S/C28H40N2O4/c1-27(2,3)23-15-12-21(13-16-23)18-22(25(32)29-30-26(33)34-28(4,5)6)19-24(31)17-14-20-10-8-7-9-11-20/h7-13,15-16,22,24,31H,14,17-19H2,1-6H3,(H,29,32)(H,30,33)/t22-,24+/m1/s1. The maximum absolute atomic E-state index is 13.0. The first kappa shape index (κ1) is 27.4. The van der Waals surface area contributed by atoms with Gasteiger partial charge in [0.05, 0.1) is 6.10 Å². The topological polar surface area (TPSA) is 87.7 Å². The Morgan fingerprint density at radius 1 is 0.882 bits per heavy atom. The molecule has 0 fully saturated rings. The molecule has 0 spiro atoms. The van der Waals surface area contributed by atoms with Gasteiger partial charge in [-0.15, -0.1) is 0 Å². The summed E-state index contributed by atoms with van der Waals surface area (Å²) in [5, 5.41) is 10.7. The van der Waals surface area contributed by atoms with E-state index in [2.05, 4.69) is 43.8 Å². The summed E-state index contributed by atoms with van der Waals surface area (Å²) in [5.74, 6) is -0.870. The smallest absolute Gasteiger partial charge is 0.426 e. The first-order valence-corrected chi connectivity index (χ1v) is 11.9. The molecule has 0 saturated carbocycles. The van der Waals surface area contributed by atoms with Crippen molar-refractivity contribution >= 4 is 12.0 Å². The van der Waals surface area contributed by atoms with Gasteiger partial charge >= 0.3 is 6.09 Å². The lowest BCUT2D eigenvalue weighted by Gasteiger charge is -2.23. The molecule has 2 rings (SSSR count). The molecular weight excluding hydrogens is 428 g/mol. The van der Waals surface area contributed by atoms with E-state index >= 15 is 0 Å². The van der Waals surface area contributed by atoms with E-state index in [0.717, 1.165) is 17.5 Å². The SMILES string of the molecule is CC(C)(C)OC(=O)NNC(=O)[C@H](Cc1ccc(C(C)(C)C)cc1)C[C@@H](O)CCc1ccccc1.